The quantitative estimate of drug-likeness (QED) is 0.596. The molecule has 3 rings (SSSR count). The molecule has 2 aromatic carbocycles. The Morgan fingerprint density at radius 3 is 1.84 bits per heavy atom. The summed E-state index contributed by atoms with van der Waals surface area (Å²) < 4.78 is 0. The zero-order valence-electron chi connectivity index (χ0n) is 11.6. The molecular formula is C17H18N2. The lowest BCUT2D eigenvalue weighted by atomic mass is 10.1. The molecule has 19 heavy (non-hydrogen) atoms. The van der Waals surface area contributed by atoms with E-state index in [9.17, 15) is 0 Å². The SMILES string of the molecule is Cc1ccc2ccccc2c1.Cc1nccnc1C. The molecule has 0 bridgehead atoms. The Labute approximate surface area is 114 Å². The van der Waals surface area contributed by atoms with Crippen LogP contribution in [0.5, 0.6) is 0 Å². The third-order valence-corrected chi connectivity index (χ3v) is 3.03. The number of hydrogen-bond donors (Lipinski definition) is 0. The second-order valence-electron chi connectivity index (χ2n) is 4.58. The van der Waals surface area contributed by atoms with Crippen molar-refractivity contribution in [2.75, 3.05) is 0 Å². The fourth-order valence-corrected chi connectivity index (χ4v) is 1.79. The molecule has 0 N–H and O–H groups in total. The average Bonchev–Trinajstić information content (AvgIpc) is 2.43. The fourth-order valence-electron chi connectivity index (χ4n) is 1.79. The standard InChI is InChI=1S/C11H10.C6H8N2/c1-9-6-7-10-4-2-3-5-11(10)8-9;1-5-6(2)8-4-3-7-5/h2-8H,1H3;3-4H,1-2H3. The fraction of sp³-hybridized carbons (Fsp3) is 0.176. The molecule has 0 spiro atoms. The number of aromatic nitrogens is 2. The van der Waals surface area contributed by atoms with Crippen molar-refractivity contribution in [2.45, 2.75) is 20.8 Å². The minimum atomic E-state index is 1.01. The number of nitrogens with zero attached hydrogens (tertiary/aromatic N) is 2. The van der Waals surface area contributed by atoms with Gasteiger partial charge in [0.1, 0.15) is 0 Å². The molecule has 2 heteroatoms. The van der Waals surface area contributed by atoms with Crippen molar-refractivity contribution in [1.29, 1.82) is 0 Å². The summed E-state index contributed by atoms with van der Waals surface area (Å²) in [5, 5.41) is 2.64. The van der Waals surface area contributed by atoms with E-state index in [1.165, 1.54) is 16.3 Å². The monoisotopic (exact) mass is 250 g/mol. The second kappa shape index (κ2) is 6.10. The molecule has 0 saturated heterocycles. The molecule has 1 heterocycles. The highest BCUT2D eigenvalue weighted by molar-refractivity contribution is 5.82. The van der Waals surface area contributed by atoms with Crippen LogP contribution < -0.4 is 0 Å². The van der Waals surface area contributed by atoms with E-state index in [4.69, 9.17) is 0 Å². The number of benzene rings is 2. The topological polar surface area (TPSA) is 25.8 Å². The maximum Gasteiger partial charge on any atom is 0.0584 e. The number of aryl methyl sites for hydroxylation is 3. The van der Waals surface area contributed by atoms with Crippen molar-refractivity contribution >= 4 is 10.8 Å². The van der Waals surface area contributed by atoms with E-state index < -0.39 is 0 Å². The Morgan fingerprint density at radius 1 is 0.684 bits per heavy atom. The Morgan fingerprint density at radius 2 is 1.26 bits per heavy atom. The van der Waals surface area contributed by atoms with Crippen molar-refractivity contribution in [3.05, 3.63) is 71.8 Å². The van der Waals surface area contributed by atoms with Crippen LogP contribution in [-0.4, -0.2) is 9.97 Å². The van der Waals surface area contributed by atoms with Crippen LogP contribution >= 0.6 is 0 Å². The molecule has 0 radical (unpaired) electrons. The van der Waals surface area contributed by atoms with E-state index in [1.807, 2.05) is 13.8 Å². The van der Waals surface area contributed by atoms with Gasteiger partial charge in [0.15, 0.2) is 0 Å². The van der Waals surface area contributed by atoms with Crippen LogP contribution in [0.3, 0.4) is 0 Å². The van der Waals surface area contributed by atoms with E-state index in [0.29, 0.717) is 0 Å². The molecule has 0 unspecified atom stereocenters. The van der Waals surface area contributed by atoms with Gasteiger partial charge in [-0.25, -0.2) is 0 Å². The van der Waals surface area contributed by atoms with Gasteiger partial charge in [-0.2, -0.15) is 0 Å². The van der Waals surface area contributed by atoms with E-state index in [-0.39, 0.29) is 0 Å². The molecule has 0 atom stereocenters. The van der Waals surface area contributed by atoms with Crippen molar-refractivity contribution < 1.29 is 0 Å². The third kappa shape index (κ3) is 3.62. The van der Waals surface area contributed by atoms with E-state index in [2.05, 4.69) is 59.4 Å². The van der Waals surface area contributed by atoms with E-state index >= 15 is 0 Å². The first kappa shape index (κ1) is 13.2. The van der Waals surface area contributed by atoms with Crippen molar-refractivity contribution in [3.63, 3.8) is 0 Å². The predicted molar refractivity (Wildman–Crippen MR) is 80.2 cm³/mol. The van der Waals surface area contributed by atoms with Crippen LogP contribution in [0.25, 0.3) is 10.8 Å². The summed E-state index contributed by atoms with van der Waals surface area (Å²) in [6.45, 7) is 6.01. The minimum absolute atomic E-state index is 1.01. The van der Waals surface area contributed by atoms with Crippen LogP contribution in [0.1, 0.15) is 17.0 Å². The zero-order chi connectivity index (χ0) is 13.7. The smallest absolute Gasteiger partial charge is 0.0584 e. The molecule has 0 aliphatic rings. The predicted octanol–water partition coefficient (Wildman–Crippen LogP) is 4.24. The van der Waals surface area contributed by atoms with Crippen LogP contribution in [0.2, 0.25) is 0 Å². The number of hydrogen-bond acceptors (Lipinski definition) is 2. The molecule has 96 valence electrons. The van der Waals surface area contributed by atoms with Gasteiger partial charge in [0.05, 0.1) is 11.4 Å². The maximum absolute atomic E-state index is 4.02. The van der Waals surface area contributed by atoms with Gasteiger partial charge in [0, 0.05) is 12.4 Å². The van der Waals surface area contributed by atoms with Gasteiger partial charge >= 0.3 is 0 Å². The van der Waals surface area contributed by atoms with Gasteiger partial charge in [-0.05, 0) is 31.5 Å². The molecule has 0 aliphatic heterocycles. The van der Waals surface area contributed by atoms with Crippen molar-refractivity contribution in [1.82, 2.24) is 9.97 Å². The van der Waals surface area contributed by atoms with Crippen LogP contribution in [0.15, 0.2) is 54.9 Å². The van der Waals surface area contributed by atoms with Gasteiger partial charge in [0.2, 0.25) is 0 Å². The molecule has 0 saturated carbocycles. The van der Waals surface area contributed by atoms with Gasteiger partial charge < -0.3 is 0 Å². The summed E-state index contributed by atoms with van der Waals surface area (Å²) in [6, 6.07) is 14.9. The van der Waals surface area contributed by atoms with Gasteiger partial charge in [-0.1, -0.05) is 48.0 Å². The molecule has 0 aliphatic carbocycles. The maximum atomic E-state index is 4.02. The highest BCUT2D eigenvalue weighted by atomic mass is 14.8. The zero-order valence-corrected chi connectivity index (χ0v) is 11.6. The molecular weight excluding hydrogens is 232 g/mol. The lowest BCUT2D eigenvalue weighted by Crippen LogP contribution is -1.87. The lowest BCUT2D eigenvalue weighted by Gasteiger charge is -1.96. The van der Waals surface area contributed by atoms with Gasteiger partial charge in [-0.3, -0.25) is 9.97 Å². The normalized spacial score (nSPS) is 9.84. The highest BCUT2D eigenvalue weighted by Crippen LogP contribution is 2.14. The first-order valence-corrected chi connectivity index (χ1v) is 6.36. The Hall–Kier alpha value is -2.22. The first-order valence-electron chi connectivity index (χ1n) is 6.36. The summed E-state index contributed by atoms with van der Waals surface area (Å²) >= 11 is 0. The van der Waals surface area contributed by atoms with Crippen LogP contribution in [0, 0.1) is 20.8 Å². The summed E-state index contributed by atoms with van der Waals surface area (Å²) in [6.07, 6.45) is 3.39. The average molecular weight is 250 g/mol. The molecule has 3 aromatic rings. The summed E-state index contributed by atoms with van der Waals surface area (Å²) in [5.74, 6) is 0. The highest BCUT2D eigenvalue weighted by Gasteiger charge is 1.89. The van der Waals surface area contributed by atoms with Gasteiger partial charge in [-0.15, -0.1) is 0 Å². The largest absolute Gasteiger partial charge is 0.258 e. The van der Waals surface area contributed by atoms with Crippen LogP contribution in [-0.2, 0) is 0 Å². The summed E-state index contributed by atoms with van der Waals surface area (Å²) in [5.41, 5.74) is 3.34. The minimum Gasteiger partial charge on any atom is -0.258 e. The molecule has 0 amide bonds. The van der Waals surface area contributed by atoms with Crippen LogP contribution in [0.4, 0.5) is 0 Å². The summed E-state index contributed by atoms with van der Waals surface area (Å²) in [7, 11) is 0. The Bertz CT molecular complexity index is 654. The molecule has 0 fully saturated rings. The number of rotatable bonds is 0. The van der Waals surface area contributed by atoms with Crippen molar-refractivity contribution in [2.24, 2.45) is 0 Å². The first-order chi connectivity index (χ1) is 9.16. The lowest BCUT2D eigenvalue weighted by molar-refractivity contribution is 1.05. The molecule has 2 nitrogen and oxygen atoms in total. The Kier molecular flexibility index (Phi) is 4.24. The molecule has 1 aromatic heterocycles. The summed E-state index contributed by atoms with van der Waals surface area (Å²) in [4.78, 5) is 8.03. The van der Waals surface area contributed by atoms with Gasteiger partial charge in [0.25, 0.3) is 0 Å². The Balaban J connectivity index is 0.000000148. The van der Waals surface area contributed by atoms with Crippen molar-refractivity contribution in [3.8, 4) is 0 Å². The van der Waals surface area contributed by atoms with E-state index in [1.54, 1.807) is 12.4 Å². The van der Waals surface area contributed by atoms with E-state index in [0.717, 1.165) is 11.4 Å². The third-order valence-electron chi connectivity index (χ3n) is 3.03. The second-order valence-corrected chi connectivity index (χ2v) is 4.58. The number of fused-ring (bicyclic) bond motifs is 1.